The first-order chi connectivity index (χ1) is 11.1. The van der Waals surface area contributed by atoms with Crippen LogP contribution in [0.2, 0.25) is 0 Å². The summed E-state index contributed by atoms with van der Waals surface area (Å²) in [6, 6.07) is 2.68. The Morgan fingerprint density at radius 1 is 1.30 bits per heavy atom. The average Bonchev–Trinajstić information content (AvgIpc) is 3.04. The molecule has 1 aliphatic carbocycles. The Morgan fingerprint density at radius 3 is 2.83 bits per heavy atom. The minimum atomic E-state index is 0.0331. The Labute approximate surface area is 136 Å². The van der Waals surface area contributed by atoms with Crippen molar-refractivity contribution in [2.75, 3.05) is 13.2 Å². The Morgan fingerprint density at radius 2 is 2.09 bits per heavy atom. The van der Waals surface area contributed by atoms with Gasteiger partial charge in [-0.2, -0.15) is 0 Å². The third-order valence-corrected chi connectivity index (χ3v) is 4.75. The lowest BCUT2D eigenvalue weighted by molar-refractivity contribution is 0.188. The van der Waals surface area contributed by atoms with Gasteiger partial charge in [0.25, 0.3) is 0 Å². The number of ether oxygens (including phenoxy) is 2. The lowest BCUT2D eigenvalue weighted by Gasteiger charge is -2.26. The average molecular weight is 316 g/mol. The molecular weight excluding hydrogens is 292 g/mol. The van der Waals surface area contributed by atoms with Crippen LogP contribution in [-0.4, -0.2) is 36.2 Å². The molecule has 124 valence electrons. The second kappa shape index (κ2) is 5.62. The van der Waals surface area contributed by atoms with Gasteiger partial charge in [0, 0.05) is 41.6 Å². The standard InChI is InChI=1S/C18H24N2O3/c1-11(2)19-18(21)20(13-3-4-13)10-15-14-6-8-22-16(14)9-12-5-7-23-17(12)15/h9,11,13H,3-8,10H2,1-2H3,(H,19,21). The van der Waals surface area contributed by atoms with Gasteiger partial charge in [-0.25, -0.2) is 4.79 Å². The highest BCUT2D eigenvalue weighted by atomic mass is 16.5. The Balaban J connectivity index is 1.66. The van der Waals surface area contributed by atoms with Crippen molar-refractivity contribution in [2.45, 2.75) is 58.2 Å². The number of hydrogen-bond donors (Lipinski definition) is 1. The molecule has 4 rings (SSSR count). The highest BCUT2D eigenvalue weighted by Gasteiger charge is 2.35. The summed E-state index contributed by atoms with van der Waals surface area (Å²) in [5.74, 6) is 1.99. The van der Waals surface area contributed by atoms with Gasteiger partial charge in [-0.1, -0.05) is 0 Å². The van der Waals surface area contributed by atoms with E-state index < -0.39 is 0 Å². The van der Waals surface area contributed by atoms with E-state index >= 15 is 0 Å². The van der Waals surface area contributed by atoms with Crippen LogP contribution < -0.4 is 14.8 Å². The SMILES string of the molecule is CC(C)NC(=O)N(Cc1c2c(cc3c1OCC3)OCC2)C1CC1. The maximum atomic E-state index is 12.6. The fourth-order valence-corrected chi connectivity index (χ4v) is 3.51. The van der Waals surface area contributed by atoms with Gasteiger partial charge >= 0.3 is 6.03 Å². The highest BCUT2D eigenvalue weighted by Crippen LogP contribution is 2.42. The molecule has 3 aliphatic rings. The van der Waals surface area contributed by atoms with Crippen molar-refractivity contribution in [2.24, 2.45) is 0 Å². The van der Waals surface area contributed by atoms with Gasteiger partial charge in [0.2, 0.25) is 0 Å². The van der Waals surface area contributed by atoms with Crippen LogP contribution in [0, 0.1) is 0 Å². The minimum absolute atomic E-state index is 0.0331. The van der Waals surface area contributed by atoms with Crippen molar-refractivity contribution in [3.05, 3.63) is 22.8 Å². The predicted molar refractivity (Wildman–Crippen MR) is 87.1 cm³/mol. The lowest BCUT2D eigenvalue weighted by atomic mass is 9.99. The number of carbonyl (C=O) groups excluding carboxylic acids is 1. The van der Waals surface area contributed by atoms with Crippen LogP contribution in [-0.2, 0) is 19.4 Å². The normalized spacial score (nSPS) is 18.2. The third kappa shape index (κ3) is 2.73. The maximum absolute atomic E-state index is 12.6. The van der Waals surface area contributed by atoms with E-state index in [4.69, 9.17) is 9.47 Å². The van der Waals surface area contributed by atoms with E-state index in [9.17, 15) is 4.79 Å². The number of urea groups is 1. The van der Waals surface area contributed by atoms with Gasteiger partial charge in [-0.3, -0.25) is 0 Å². The molecule has 2 heterocycles. The second-order valence-corrected chi connectivity index (χ2v) is 6.98. The molecule has 2 aliphatic heterocycles. The zero-order chi connectivity index (χ0) is 16.0. The Bertz CT molecular complexity index is 605. The number of nitrogens with one attached hydrogen (secondary N) is 1. The van der Waals surface area contributed by atoms with Crippen molar-refractivity contribution >= 4 is 6.03 Å². The minimum Gasteiger partial charge on any atom is -0.493 e. The molecule has 1 N–H and O–H groups in total. The van der Waals surface area contributed by atoms with Gasteiger partial charge in [-0.15, -0.1) is 0 Å². The van der Waals surface area contributed by atoms with Crippen molar-refractivity contribution in [1.29, 1.82) is 0 Å². The molecule has 1 aromatic carbocycles. The molecule has 0 atom stereocenters. The molecule has 1 saturated carbocycles. The highest BCUT2D eigenvalue weighted by molar-refractivity contribution is 5.75. The zero-order valence-corrected chi connectivity index (χ0v) is 13.9. The summed E-state index contributed by atoms with van der Waals surface area (Å²) in [4.78, 5) is 14.6. The second-order valence-electron chi connectivity index (χ2n) is 6.98. The number of nitrogens with zero attached hydrogens (tertiary/aromatic N) is 1. The predicted octanol–water partition coefficient (Wildman–Crippen LogP) is 2.64. The number of rotatable bonds is 4. The summed E-state index contributed by atoms with van der Waals surface area (Å²) in [5, 5.41) is 3.03. The molecule has 1 fully saturated rings. The van der Waals surface area contributed by atoms with E-state index in [1.54, 1.807) is 0 Å². The third-order valence-electron chi connectivity index (χ3n) is 4.75. The molecule has 0 aromatic heterocycles. The van der Waals surface area contributed by atoms with Crippen molar-refractivity contribution < 1.29 is 14.3 Å². The first-order valence-electron chi connectivity index (χ1n) is 8.64. The molecule has 0 spiro atoms. The topological polar surface area (TPSA) is 50.8 Å². The van der Waals surface area contributed by atoms with E-state index in [0.717, 1.165) is 50.4 Å². The number of carbonyl (C=O) groups is 1. The summed E-state index contributed by atoms with van der Waals surface area (Å²) in [6.07, 6.45) is 4.03. The molecule has 0 unspecified atom stereocenters. The van der Waals surface area contributed by atoms with Crippen LogP contribution in [0.4, 0.5) is 4.79 Å². The summed E-state index contributed by atoms with van der Waals surface area (Å²) in [6.45, 7) is 6.08. The molecular formula is C18H24N2O3. The number of benzene rings is 1. The van der Waals surface area contributed by atoms with Crippen LogP contribution >= 0.6 is 0 Å². The molecule has 0 radical (unpaired) electrons. The van der Waals surface area contributed by atoms with Gasteiger partial charge in [0.05, 0.1) is 19.8 Å². The molecule has 0 bridgehead atoms. The molecule has 2 amide bonds. The number of hydrogen-bond acceptors (Lipinski definition) is 3. The molecule has 5 heteroatoms. The fourth-order valence-electron chi connectivity index (χ4n) is 3.51. The molecule has 1 aromatic rings. The van der Waals surface area contributed by atoms with Gasteiger partial charge in [0.15, 0.2) is 0 Å². The first kappa shape index (κ1) is 14.7. The number of fused-ring (bicyclic) bond motifs is 2. The zero-order valence-electron chi connectivity index (χ0n) is 13.9. The number of amides is 2. The van der Waals surface area contributed by atoms with Crippen LogP contribution in [0.15, 0.2) is 6.07 Å². The van der Waals surface area contributed by atoms with Crippen molar-refractivity contribution in [1.82, 2.24) is 10.2 Å². The molecule has 23 heavy (non-hydrogen) atoms. The maximum Gasteiger partial charge on any atom is 0.318 e. The van der Waals surface area contributed by atoms with Crippen molar-refractivity contribution in [3.63, 3.8) is 0 Å². The van der Waals surface area contributed by atoms with Gasteiger partial charge in [0.1, 0.15) is 11.5 Å². The van der Waals surface area contributed by atoms with Gasteiger partial charge < -0.3 is 19.7 Å². The van der Waals surface area contributed by atoms with E-state index in [1.165, 1.54) is 16.7 Å². The monoisotopic (exact) mass is 316 g/mol. The van der Waals surface area contributed by atoms with E-state index in [1.807, 2.05) is 18.7 Å². The Hall–Kier alpha value is -1.91. The summed E-state index contributed by atoms with van der Waals surface area (Å²) in [5.41, 5.74) is 3.62. The summed E-state index contributed by atoms with van der Waals surface area (Å²) >= 11 is 0. The first-order valence-corrected chi connectivity index (χ1v) is 8.64. The molecule has 5 nitrogen and oxygen atoms in total. The van der Waals surface area contributed by atoms with E-state index in [2.05, 4.69) is 11.4 Å². The van der Waals surface area contributed by atoms with E-state index in [0.29, 0.717) is 12.6 Å². The van der Waals surface area contributed by atoms with Crippen LogP contribution in [0.3, 0.4) is 0 Å². The van der Waals surface area contributed by atoms with Crippen LogP contribution in [0.5, 0.6) is 11.5 Å². The van der Waals surface area contributed by atoms with Crippen molar-refractivity contribution in [3.8, 4) is 11.5 Å². The summed E-state index contributed by atoms with van der Waals surface area (Å²) < 4.78 is 11.7. The van der Waals surface area contributed by atoms with Gasteiger partial charge in [-0.05, 0) is 32.8 Å². The van der Waals surface area contributed by atoms with E-state index in [-0.39, 0.29) is 12.1 Å². The molecule has 0 saturated heterocycles. The van der Waals surface area contributed by atoms with Crippen LogP contribution in [0.1, 0.15) is 43.4 Å². The Kier molecular flexibility index (Phi) is 3.58. The largest absolute Gasteiger partial charge is 0.493 e. The smallest absolute Gasteiger partial charge is 0.318 e. The lowest BCUT2D eigenvalue weighted by Crippen LogP contribution is -2.43. The fraction of sp³-hybridized carbons (Fsp3) is 0.611. The summed E-state index contributed by atoms with van der Waals surface area (Å²) in [7, 11) is 0. The quantitative estimate of drug-likeness (QED) is 0.929. The van der Waals surface area contributed by atoms with Crippen LogP contribution in [0.25, 0.3) is 0 Å².